The number of anilines is 1. The van der Waals surface area contributed by atoms with Gasteiger partial charge in [0.05, 0.1) is 17.6 Å². The molecule has 0 unspecified atom stereocenters. The molecule has 0 aliphatic rings. The van der Waals surface area contributed by atoms with E-state index in [4.69, 9.17) is 4.74 Å². The summed E-state index contributed by atoms with van der Waals surface area (Å²) in [4.78, 5) is 13.4. The first kappa shape index (κ1) is 16.9. The summed E-state index contributed by atoms with van der Waals surface area (Å²) >= 11 is 1.28. The highest BCUT2D eigenvalue weighted by Gasteiger charge is 2.25. The van der Waals surface area contributed by atoms with Crippen LogP contribution in [0.2, 0.25) is 0 Å². The number of methoxy groups -OCH3 is 1. The summed E-state index contributed by atoms with van der Waals surface area (Å²) in [6.07, 6.45) is -0.698. The Morgan fingerprint density at radius 3 is 2.60 bits per heavy atom. The van der Waals surface area contributed by atoms with Gasteiger partial charge < -0.3 is 14.7 Å². The molecule has 1 aromatic rings. The Labute approximate surface area is 123 Å². The van der Waals surface area contributed by atoms with E-state index in [-0.39, 0.29) is 5.69 Å². The third kappa shape index (κ3) is 4.43. The lowest BCUT2D eigenvalue weighted by Gasteiger charge is -2.24. The molecule has 7 heteroatoms. The summed E-state index contributed by atoms with van der Waals surface area (Å²) < 4.78 is 5.07. The molecular formula is C13H22N2O4S. The van der Waals surface area contributed by atoms with E-state index in [0.717, 1.165) is 0 Å². The van der Waals surface area contributed by atoms with Crippen molar-refractivity contribution in [3.05, 3.63) is 21.1 Å². The Bertz CT molecular complexity index is 446. The first-order valence-electron chi connectivity index (χ1n) is 6.56. The molecule has 1 heterocycles. The van der Waals surface area contributed by atoms with Crippen molar-refractivity contribution in [2.24, 2.45) is 5.92 Å². The lowest BCUT2D eigenvalue weighted by molar-refractivity contribution is -0.383. The van der Waals surface area contributed by atoms with Gasteiger partial charge in [-0.1, -0.05) is 13.8 Å². The van der Waals surface area contributed by atoms with Crippen LogP contribution in [0.1, 0.15) is 31.8 Å². The fourth-order valence-electron chi connectivity index (χ4n) is 1.87. The first-order chi connectivity index (χ1) is 9.36. The average molecular weight is 302 g/mol. The van der Waals surface area contributed by atoms with Crippen molar-refractivity contribution in [1.82, 2.24) is 0 Å². The van der Waals surface area contributed by atoms with Gasteiger partial charge in [-0.3, -0.25) is 10.1 Å². The summed E-state index contributed by atoms with van der Waals surface area (Å²) in [6, 6.07) is 1.46. The van der Waals surface area contributed by atoms with Crippen LogP contribution in [-0.2, 0) is 4.74 Å². The predicted octanol–water partition coefficient (Wildman–Crippen LogP) is 2.82. The molecule has 0 saturated carbocycles. The number of hydrogen-bond acceptors (Lipinski definition) is 6. The highest BCUT2D eigenvalue weighted by atomic mass is 32.1. The normalized spacial score (nSPS) is 12.7. The third-order valence-corrected chi connectivity index (χ3v) is 4.11. The number of hydrogen-bond donors (Lipinski definition) is 1. The molecule has 0 aliphatic heterocycles. The zero-order valence-electron chi connectivity index (χ0n) is 12.3. The first-order valence-corrected chi connectivity index (χ1v) is 7.38. The van der Waals surface area contributed by atoms with Gasteiger partial charge in [-0.15, -0.1) is 11.3 Å². The molecule has 0 saturated heterocycles. The van der Waals surface area contributed by atoms with Crippen LogP contribution in [-0.4, -0.2) is 36.8 Å². The largest absolute Gasteiger partial charge is 0.388 e. The summed E-state index contributed by atoms with van der Waals surface area (Å²) in [5.74, 6) is 0.378. The highest BCUT2D eigenvalue weighted by molar-refractivity contribution is 7.16. The van der Waals surface area contributed by atoms with Crippen LogP contribution in [0.4, 0.5) is 10.7 Å². The van der Waals surface area contributed by atoms with Crippen LogP contribution in [0.25, 0.3) is 0 Å². The summed E-state index contributed by atoms with van der Waals surface area (Å²) in [5.41, 5.74) is 0.0580. The smallest absolute Gasteiger partial charge is 0.304 e. The van der Waals surface area contributed by atoms with Gasteiger partial charge in [-0.25, -0.2) is 0 Å². The van der Waals surface area contributed by atoms with Gasteiger partial charge in [0.2, 0.25) is 0 Å². The van der Waals surface area contributed by atoms with Crippen LogP contribution in [0.5, 0.6) is 0 Å². The highest BCUT2D eigenvalue weighted by Crippen LogP contribution is 2.40. The number of nitrogens with zero attached hydrogens (tertiary/aromatic N) is 2. The minimum absolute atomic E-state index is 0.0580. The molecule has 1 aromatic heterocycles. The van der Waals surface area contributed by atoms with E-state index < -0.39 is 11.0 Å². The van der Waals surface area contributed by atoms with Crippen LogP contribution >= 0.6 is 11.3 Å². The Hall–Kier alpha value is -1.18. The van der Waals surface area contributed by atoms with Crippen molar-refractivity contribution in [3.63, 3.8) is 0 Å². The standard InChI is InChI=1S/C13H22N2O4S/c1-9(2)8-14(5-6-19-4)13-11(15(17)18)7-12(20-13)10(3)16/h7,9-10,16H,5-6,8H2,1-4H3/t10-/m0/s1. The molecule has 20 heavy (non-hydrogen) atoms. The second-order valence-corrected chi connectivity index (χ2v) is 6.17. The van der Waals surface area contributed by atoms with Crippen molar-refractivity contribution in [2.75, 3.05) is 31.7 Å². The zero-order valence-corrected chi connectivity index (χ0v) is 13.1. The zero-order chi connectivity index (χ0) is 15.3. The quantitative estimate of drug-likeness (QED) is 0.590. The van der Waals surface area contributed by atoms with Gasteiger partial charge in [0.25, 0.3) is 0 Å². The second-order valence-electron chi connectivity index (χ2n) is 5.10. The van der Waals surface area contributed by atoms with E-state index in [1.54, 1.807) is 14.0 Å². The van der Waals surface area contributed by atoms with Gasteiger partial charge >= 0.3 is 5.69 Å². The van der Waals surface area contributed by atoms with Gasteiger partial charge in [0.1, 0.15) is 0 Å². The molecule has 1 atom stereocenters. The van der Waals surface area contributed by atoms with Gasteiger partial charge in [0.15, 0.2) is 5.00 Å². The Balaban J connectivity index is 3.12. The van der Waals surface area contributed by atoms with E-state index in [2.05, 4.69) is 13.8 Å². The number of nitro groups is 1. The Kier molecular flexibility index (Phi) is 6.38. The van der Waals surface area contributed by atoms with Crippen molar-refractivity contribution in [1.29, 1.82) is 0 Å². The van der Waals surface area contributed by atoms with Gasteiger partial charge in [-0.05, 0) is 12.8 Å². The lowest BCUT2D eigenvalue weighted by Crippen LogP contribution is -2.30. The van der Waals surface area contributed by atoms with Crippen LogP contribution in [0.3, 0.4) is 0 Å². The van der Waals surface area contributed by atoms with Crippen molar-refractivity contribution in [3.8, 4) is 0 Å². The molecule has 0 bridgehead atoms. The molecule has 0 amide bonds. The van der Waals surface area contributed by atoms with E-state index in [1.807, 2.05) is 4.90 Å². The second kappa shape index (κ2) is 7.56. The van der Waals surface area contributed by atoms with E-state index in [1.165, 1.54) is 17.4 Å². The van der Waals surface area contributed by atoms with Crippen LogP contribution in [0, 0.1) is 16.0 Å². The van der Waals surface area contributed by atoms with Crippen molar-refractivity contribution < 1.29 is 14.8 Å². The average Bonchev–Trinajstić information content (AvgIpc) is 2.79. The maximum Gasteiger partial charge on any atom is 0.304 e. The van der Waals surface area contributed by atoms with Gasteiger partial charge in [0, 0.05) is 31.1 Å². The van der Waals surface area contributed by atoms with Crippen molar-refractivity contribution >= 4 is 22.0 Å². The molecule has 1 N–H and O–H groups in total. The monoisotopic (exact) mass is 302 g/mol. The minimum atomic E-state index is -0.698. The number of rotatable bonds is 8. The molecule has 0 aliphatic carbocycles. The van der Waals surface area contributed by atoms with Crippen molar-refractivity contribution in [2.45, 2.75) is 26.9 Å². The van der Waals surface area contributed by atoms with E-state index in [9.17, 15) is 15.2 Å². The van der Waals surface area contributed by atoms with E-state index in [0.29, 0.717) is 35.5 Å². The Morgan fingerprint density at radius 1 is 1.50 bits per heavy atom. The molecule has 1 rings (SSSR count). The molecule has 0 spiro atoms. The minimum Gasteiger partial charge on any atom is -0.388 e. The molecule has 0 radical (unpaired) electrons. The lowest BCUT2D eigenvalue weighted by atomic mass is 10.2. The molecule has 0 aromatic carbocycles. The molecule has 114 valence electrons. The topological polar surface area (TPSA) is 75.8 Å². The fraction of sp³-hybridized carbons (Fsp3) is 0.692. The maximum atomic E-state index is 11.2. The number of aliphatic hydroxyl groups excluding tert-OH is 1. The number of ether oxygens (including phenoxy) is 1. The maximum absolute atomic E-state index is 11.2. The Morgan fingerprint density at radius 2 is 2.15 bits per heavy atom. The third-order valence-electron chi connectivity index (χ3n) is 2.76. The fourth-order valence-corrected chi connectivity index (χ4v) is 2.97. The number of thiophene rings is 1. The summed E-state index contributed by atoms with van der Waals surface area (Å²) in [6.45, 7) is 7.55. The summed E-state index contributed by atoms with van der Waals surface area (Å²) in [5, 5.41) is 21.4. The van der Waals surface area contributed by atoms with Crippen LogP contribution < -0.4 is 4.90 Å². The summed E-state index contributed by atoms with van der Waals surface area (Å²) in [7, 11) is 1.61. The molecule has 6 nitrogen and oxygen atoms in total. The predicted molar refractivity (Wildman–Crippen MR) is 80.5 cm³/mol. The number of aliphatic hydroxyl groups is 1. The molecule has 0 fully saturated rings. The SMILES string of the molecule is COCCN(CC(C)C)c1sc([C@H](C)O)cc1[N+](=O)[O-]. The van der Waals surface area contributed by atoms with E-state index >= 15 is 0 Å². The van der Waals surface area contributed by atoms with Crippen LogP contribution in [0.15, 0.2) is 6.07 Å². The molecular weight excluding hydrogens is 280 g/mol. The van der Waals surface area contributed by atoms with Gasteiger partial charge in [-0.2, -0.15) is 0 Å².